The molecule has 1 unspecified atom stereocenters. The lowest BCUT2D eigenvalue weighted by molar-refractivity contribution is 0.778. The van der Waals surface area contributed by atoms with E-state index < -0.39 is 0 Å². The molecule has 1 atom stereocenters. The van der Waals surface area contributed by atoms with E-state index >= 15 is 0 Å². The van der Waals surface area contributed by atoms with Gasteiger partial charge < -0.3 is 0 Å². The van der Waals surface area contributed by atoms with Gasteiger partial charge in [-0.25, -0.2) is 0 Å². The summed E-state index contributed by atoms with van der Waals surface area (Å²) in [5, 5.41) is 0. The molecule has 0 aliphatic carbocycles. The van der Waals surface area contributed by atoms with Crippen LogP contribution in [0.25, 0.3) is 0 Å². The largest absolute Gasteiger partial charge is 0.143 e. The highest BCUT2D eigenvalue weighted by atomic mass is 32.2. The molecule has 0 saturated carbocycles. The second-order valence-corrected chi connectivity index (χ2v) is 7.95. The van der Waals surface area contributed by atoms with Crippen molar-refractivity contribution >= 4 is 32.8 Å². The van der Waals surface area contributed by atoms with E-state index in [1.165, 1.54) is 50.0 Å². The number of hydrogen-bond donors (Lipinski definition) is 0. The van der Waals surface area contributed by atoms with Crippen LogP contribution in [-0.4, -0.2) is 15.8 Å². The van der Waals surface area contributed by atoms with Crippen molar-refractivity contribution in [2.24, 2.45) is 0 Å². The van der Waals surface area contributed by atoms with Crippen LogP contribution in [0, 0.1) is 0 Å². The van der Waals surface area contributed by atoms with Gasteiger partial charge in [-0.3, -0.25) is 0 Å². The van der Waals surface area contributed by atoms with Crippen LogP contribution >= 0.6 is 32.8 Å². The SMILES string of the molecule is CCCCCSC(P)SCCCCC. The van der Waals surface area contributed by atoms with E-state index in [-0.39, 0.29) is 0 Å². The monoisotopic (exact) mass is 252 g/mol. The normalized spacial score (nSPS) is 11.1. The fourth-order valence-corrected chi connectivity index (χ4v) is 4.14. The Kier molecular flexibility index (Phi) is 13.2. The smallest absolute Gasteiger partial charge is 0.0638 e. The van der Waals surface area contributed by atoms with Crippen molar-refractivity contribution < 1.29 is 0 Å². The molecule has 3 heteroatoms. The van der Waals surface area contributed by atoms with Crippen molar-refractivity contribution in [1.82, 2.24) is 0 Å². The Balaban J connectivity index is 3.07. The third kappa shape index (κ3) is 11.2. The van der Waals surface area contributed by atoms with E-state index in [0.29, 0.717) is 0 Å². The second kappa shape index (κ2) is 12.2. The van der Waals surface area contributed by atoms with E-state index in [2.05, 4.69) is 46.6 Å². The standard InChI is InChI=1S/C11H25PS2/c1-3-5-7-9-13-11(12)14-10-8-6-4-2/h11H,3-10,12H2,1-2H3. The van der Waals surface area contributed by atoms with Crippen molar-refractivity contribution in [3.8, 4) is 0 Å². The minimum atomic E-state index is 0.726. The van der Waals surface area contributed by atoms with Gasteiger partial charge >= 0.3 is 0 Å². The number of thioether (sulfide) groups is 2. The summed E-state index contributed by atoms with van der Waals surface area (Å²) < 4.78 is 0.726. The van der Waals surface area contributed by atoms with Crippen molar-refractivity contribution in [2.45, 2.75) is 56.7 Å². The summed E-state index contributed by atoms with van der Waals surface area (Å²) in [4.78, 5) is 0. The van der Waals surface area contributed by atoms with Crippen LogP contribution in [0.2, 0.25) is 0 Å². The maximum Gasteiger partial charge on any atom is 0.0638 e. The van der Waals surface area contributed by atoms with E-state index in [1.54, 1.807) is 0 Å². The van der Waals surface area contributed by atoms with Gasteiger partial charge in [-0.2, -0.15) is 0 Å². The van der Waals surface area contributed by atoms with Gasteiger partial charge in [-0.15, -0.1) is 32.8 Å². The first-order valence-electron chi connectivity index (χ1n) is 5.80. The van der Waals surface area contributed by atoms with Crippen molar-refractivity contribution in [2.75, 3.05) is 11.5 Å². The van der Waals surface area contributed by atoms with Gasteiger partial charge in [0.25, 0.3) is 0 Å². The quantitative estimate of drug-likeness (QED) is 0.305. The molecule has 0 amide bonds. The van der Waals surface area contributed by atoms with Gasteiger partial charge in [-0.05, 0) is 24.3 Å². The first-order chi connectivity index (χ1) is 6.81. The minimum Gasteiger partial charge on any atom is -0.143 e. The maximum atomic E-state index is 2.96. The predicted octanol–water partition coefficient (Wildman–Crippen LogP) is 4.99. The van der Waals surface area contributed by atoms with Gasteiger partial charge in [0.05, 0.1) is 4.32 Å². The zero-order valence-corrected chi connectivity index (χ0v) is 12.4. The average molecular weight is 252 g/mol. The molecular formula is C11H25PS2. The fourth-order valence-electron chi connectivity index (χ4n) is 1.15. The first kappa shape index (κ1) is 15.1. The molecule has 0 aromatic carbocycles. The first-order valence-corrected chi connectivity index (χ1v) is 8.56. The van der Waals surface area contributed by atoms with Gasteiger partial charge in [0.15, 0.2) is 0 Å². The molecule has 0 spiro atoms. The second-order valence-electron chi connectivity index (χ2n) is 3.52. The summed E-state index contributed by atoms with van der Waals surface area (Å²) in [6, 6.07) is 0. The molecule has 0 heterocycles. The number of unbranched alkanes of at least 4 members (excludes halogenated alkanes) is 4. The molecule has 0 aromatic heterocycles. The van der Waals surface area contributed by atoms with Crippen LogP contribution in [0.4, 0.5) is 0 Å². The topological polar surface area (TPSA) is 0 Å². The molecule has 14 heavy (non-hydrogen) atoms. The van der Waals surface area contributed by atoms with Gasteiger partial charge in [0, 0.05) is 0 Å². The van der Waals surface area contributed by atoms with Crippen molar-refractivity contribution in [1.29, 1.82) is 0 Å². The highest BCUT2D eigenvalue weighted by Crippen LogP contribution is 2.30. The average Bonchev–Trinajstić information content (AvgIpc) is 2.19. The lowest BCUT2D eigenvalue weighted by Crippen LogP contribution is -1.90. The van der Waals surface area contributed by atoms with Crippen LogP contribution in [0.3, 0.4) is 0 Å². The summed E-state index contributed by atoms with van der Waals surface area (Å²) in [6.07, 6.45) is 8.25. The molecule has 0 nitrogen and oxygen atoms in total. The molecule has 0 bridgehead atoms. The van der Waals surface area contributed by atoms with Crippen LogP contribution in [-0.2, 0) is 0 Å². The highest BCUT2D eigenvalue weighted by Gasteiger charge is 2.01. The third-order valence-electron chi connectivity index (χ3n) is 2.06. The van der Waals surface area contributed by atoms with Crippen LogP contribution < -0.4 is 0 Å². The molecular weight excluding hydrogens is 227 g/mol. The molecule has 0 N–H and O–H groups in total. The molecule has 0 radical (unpaired) electrons. The van der Waals surface area contributed by atoms with Crippen LogP contribution in [0.5, 0.6) is 0 Å². The molecule has 0 fully saturated rings. The van der Waals surface area contributed by atoms with Gasteiger partial charge in [-0.1, -0.05) is 39.5 Å². The van der Waals surface area contributed by atoms with Crippen LogP contribution in [0.15, 0.2) is 0 Å². The Hall–Kier alpha value is 1.13. The van der Waals surface area contributed by atoms with Crippen molar-refractivity contribution in [3.05, 3.63) is 0 Å². The summed E-state index contributed by atoms with van der Waals surface area (Å²) in [5.74, 6) is 2.67. The van der Waals surface area contributed by atoms with E-state index in [1.807, 2.05) is 0 Å². The molecule has 0 aliphatic heterocycles. The summed E-state index contributed by atoms with van der Waals surface area (Å²) in [6.45, 7) is 4.53. The number of rotatable bonds is 10. The molecule has 0 rings (SSSR count). The third-order valence-corrected chi connectivity index (χ3v) is 5.74. The Bertz CT molecular complexity index is 97.5. The van der Waals surface area contributed by atoms with Crippen molar-refractivity contribution in [3.63, 3.8) is 0 Å². The number of hydrogen-bond acceptors (Lipinski definition) is 2. The summed E-state index contributed by atoms with van der Waals surface area (Å²) >= 11 is 4.20. The minimum absolute atomic E-state index is 0.726. The zero-order valence-electron chi connectivity index (χ0n) is 9.63. The zero-order chi connectivity index (χ0) is 10.6. The summed E-state index contributed by atoms with van der Waals surface area (Å²) in [5.41, 5.74) is 0. The molecule has 0 saturated heterocycles. The van der Waals surface area contributed by atoms with E-state index in [0.717, 1.165) is 4.32 Å². The Labute approximate surface area is 101 Å². The van der Waals surface area contributed by atoms with Crippen LogP contribution in [0.1, 0.15) is 52.4 Å². The molecule has 0 aromatic rings. The van der Waals surface area contributed by atoms with Gasteiger partial charge in [0.1, 0.15) is 0 Å². The Morgan fingerprint density at radius 2 is 1.29 bits per heavy atom. The Morgan fingerprint density at radius 3 is 1.64 bits per heavy atom. The molecule has 86 valence electrons. The lowest BCUT2D eigenvalue weighted by atomic mass is 10.3. The van der Waals surface area contributed by atoms with E-state index in [9.17, 15) is 0 Å². The Morgan fingerprint density at radius 1 is 0.857 bits per heavy atom. The van der Waals surface area contributed by atoms with Gasteiger partial charge in [0.2, 0.25) is 0 Å². The highest BCUT2D eigenvalue weighted by molar-refractivity contribution is 8.21. The lowest BCUT2D eigenvalue weighted by Gasteiger charge is -2.10. The maximum absolute atomic E-state index is 2.96. The fraction of sp³-hybridized carbons (Fsp3) is 1.00. The predicted molar refractivity (Wildman–Crippen MR) is 77.5 cm³/mol. The molecule has 0 aliphatic rings. The summed E-state index contributed by atoms with van der Waals surface area (Å²) in [7, 11) is 2.96. The van der Waals surface area contributed by atoms with E-state index in [4.69, 9.17) is 0 Å².